The SMILES string of the molecule is Cc1cc(I)ccc1NC(=O)CSc1nnnn1-c1ccc(Cl)cc1. The van der Waals surface area contributed by atoms with Crippen LogP contribution in [0.2, 0.25) is 5.02 Å². The summed E-state index contributed by atoms with van der Waals surface area (Å²) >= 11 is 9.41. The lowest BCUT2D eigenvalue weighted by Gasteiger charge is -2.08. The first-order chi connectivity index (χ1) is 12.0. The molecule has 1 N–H and O–H groups in total. The molecule has 0 atom stereocenters. The molecule has 0 saturated carbocycles. The molecule has 25 heavy (non-hydrogen) atoms. The van der Waals surface area contributed by atoms with Crippen LogP contribution in [0.25, 0.3) is 5.69 Å². The molecular weight excluding hydrogens is 473 g/mol. The monoisotopic (exact) mass is 485 g/mol. The van der Waals surface area contributed by atoms with Gasteiger partial charge < -0.3 is 5.32 Å². The molecule has 0 bridgehead atoms. The number of aromatic nitrogens is 4. The van der Waals surface area contributed by atoms with Crippen LogP contribution < -0.4 is 5.32 Å². The molecule has 0 aliphatic carbocycles. The highest BCUT2D eigenvalue weighted by molar-refractivity contribution is 14.1. The molecule has 3 rings (SSSR count). The van der Waals surface area contributed by atoms with E-state index in [1.165, 1.54) is 11.8 Å². The molecule has 0 saturated heterocycles. The Labute approximate surface area is 167 Å². The summed E-state index contributed by atoms with van der Waals surface area (Å²) < 4.78 is 2.70. The van der Waals surface area contributed by atoms with Gasteiger partial charge in [-0.2, -0.15) is 4.68 Å². The van der Waals surface area contributed by atoms with Gasteiger partial charge in [-0.25, -0.2) is 0 Å². The second kappa shape index (κ2) is 8.15. The Kier molecular flexibility index (Phi) is 5.92. The van der Waals surface area contributed by atoms with Crippen LogP contribution >= 0.6 is 46.0 Å². The van der Waals surface area contributed by atoms with Crippen LogP contribution in [-0.2, 0) is 4.79 Å². The number of hydrogen-bond donors (Lipinski definition) is 1. The summed E-state index contributed by atoms with van der Waals surface area (Å²) in [6.45, 7) is 1.96. The van der Waals surface area contributed by atoms with E-state index in [4.69, 9.17) is 11.6 Å². The molecule has 0 fully saturated rings. The van der Waals surface area contributed by atoms with Gasteiger partial charge in [0.15, 0.2) is 0 Å². The van der Waals surface area contributed by atoms with Crippen molar-refractivity contribution in [3.05, 3.63) is 56.6 Å². The van der Waals surface area contributed by atoms with E-state index in [1.807, 2.05) is 37.3 Å². The Morgan fingerprint density at radius 1 is 1.28 bits per heavy atom. The Morgan fingerprint density at radius 3 is 2.76 bits per heavy atom. The third-order valence-corrected chi connectivity index (χ3v) is 5.15. The molecule has 9 heteroatoms. The number of anilines is 1. The molecule has 0 aliphatic rings. The van der Waals surface area contributed by atoms with Crippen molar-refractivity contribution in [2.45, 2.75) is 12.1 Å². The van der Waals surface area contributed by atoms with Gasteiger partial charge >= 0.3 is 0 Å². The summed E-state index contributed by atoms with van der Waals surface area (Å²) in [5.41, 5.74) is 2.62. The number of rotatable bonds is 5. The smallest absolute Gasteiger partial charge is 0.234 e. The molecule has 1 amide bonds. The van der Waals surface area contributed by atoms with Crippen LogP contribution in [0.15, 0.2) is 47.6 Å². The molecule has 2 aromatic carbocycles. The van der Waals surface area contributed by atoms with Crippen molar-refractivity contribution in [2.75, 3.05) is 11.1 Å². The maximum atomic E-state index is 12.2. The van der Waals surface area contributed by atoms with E-state index < -0.39 is 0 Å². The molecule has 3 aromatic rings. The van der Waals surface area contributed by atoms with Gasteiger partial charge in [0, 0.05) is 14.3 Å². The Bertz CT molecular complexity index is 900. The highest BCUT2D eigenvalue weighted by atomic mass is 127. The number of thioether (sulfide) groups is 1. The average molecular weight is 486 g/mol. The number of nitrogens with one attached hydrogen (secondary N) is 1. The molecule has 1 heterocycles. The second-order valence-corrected chi connectivity index (χ2v) is 7.77. The van der Waals surface area contributed by atoms with Gasteiger partial charge in [-0.15, -0.1) is 5.10 Å². The molecule has 0 aliphatic heterocycles. The highest BCUT2D eigenvalue weighted by Crippen LogP contribution is 2.21. The molecule has 0 radical (unpaired) electrons. The normalized spacial score (nSPS) is 10.7. The maximum Gasteiger partial charge on any atom is 0.234 e. The number of halogens is 2. The minimum Gasteiger partial charge on any atom is -0.325 e. The van der Waals surface area contributed by atoms with Gasteiger partial charge in [-0.05, 0) is 88.0 Å². The topological polar surface area (TPSA) is 72.7 Å². The highest BCUT2D eigenvalue weighted by Gasteiger charge is 2.12. The summed E-state index contributed by atoms with van der Waals surface area (Å²) in [7, 11) is 0. The van der Waals surface area contributed by atoms with E-state index in [9.17, 15) is 4.79 Å². The fraction of sp³-hybridized carbons (Fsp3) is 0.125. The van der Waals surface area contributed by atoms with Crippen LogP contribution in [0.3, 0.4) is 0 Å². The van der Waals surface area contributed by atoms with Crippen molar-refractivity contribution in [3.63, 3.8) is 0 Å². The predicted octanol–water partition coefficient (Wildman–Crippen LogP) is 3.96. The third-order valence-electron chi connectivity index (χ3n) is 3.31. The van der Waals surface area contributed by atoms with Gasteiger partial charge in [-0.3, -0.25) is 4.79 Å². The number of hydrogen-bond acceptors (Lipinski definition) is 5. The van der Waals surface area contributed by atoms with E-state index in [0.717, 1.165) is 20.5 Å². The summed E-state index contributed by atoms with van der Waals surface area (Å²) in [5.74, 6) is 0.0966. The van der Waals surface area contributed by atoms with Gasteiger partial charge in [0.2, 0.25) is 11.1 Å². The number of carbonyl (C=O) groups excluding carboxylic acids is 1. The van der Waals surface area contributed by atoms with E-state index in [2.05, 4.69) is 43.4 Å². The summed E-state index contributed by atoms with van der Waals surface area (Å²) in [6.07, 6.45) is 0. The number of tetrazole rings is 1. The average Bonchev–Trinajstić information content (AvgIpc) is 3.05. The molecule has 128 valence electrons. The van der Waals surface area contributed by atoms with Crippen molar-refractivity contribution < 1.29 is 4.79 Å². The Balaban J connectivity index is 1.65. The zero-order valence-electron chi connectivity index (χ0n) is 13.1. The van der Waals surface area contributed by atoms with E-state index in [1.54, 1.807) is 16.8 Å². The summed E-state index contributed by atoms with van der Waals surface area (Å²) in [6, 6.07) is 13.0. The largest absolute Gasteiger partial charge is 0.325 e. The van der Waals surface area contributed by atoms with Crippen molar-refractivity contribution >= 4 is 57.5 Å². The third kappa shape index (κ3) is 4.71. The molecular formula is C16H13ClIN5OS. The summed E-state index contributed by atoms with van der Waals surface area (Å²) in [4.78, 5) is 12.2. The standard InChI is InChI=1S/C16H13ClIN5OS/c1-10-8-12(18)4-7-14(10)19-15(24)9-25-16-20-21-22-23(16)13-5-2-11(17)3-6-13/h2-8H,9H2,1H3,(H,19,24). The first kappa shape index (κ1) is 18.2. The number of amides is 1. The van der Waals surface area contributed by atoms with Crippen LogP contribution in [0.4, 0.5) is 5.69 Å². The van der Waals surface area contributed by atoms with Crippen molar-refractivity contribution in [1.82, 2.24) is 20.2 Å². The Hall–Kier alpha value is -1.65. The molecule has 0 spiro atoms. The van der Waals surface area contributed by atoms with Gasteiger partial charge in [0.05, 0.1) is 11.4 Å². The zero-order valence-corrected chi connectivity index (χ0v) is 16.8. The fourth-order valence-electron chi connectivity index (χ4n) is 2.10. The minimum absolute atomic E-state index is 0.111. The lowest BCUT2D eigenvalue weighted by molar-refractivity contribution is -0.113. The number of aryl methyl sites for hydroxylation is 1. The summed E-state index contributed by atoms with van der Waals surface area (Å²) in [5, 5.41) is 15.7. The number of benzene rings is 2. The second-order valence-electron chi connectivity index (χ2n) is 5.15. The minimum atomic E-state index is -0.111. The van der Waals surface area contributed by atoms with Gasteiger partial charge in [0.25, 0.3) is 0 Å². The maximum absolute atomic E-state index is 12.2. The van der Waals surface area contributed by atoms with Crippen LogP contribution in [0.5, 0.6) is 0 Å². The quantitative estimate of drug-likeness (QED) is 0.437. The van der Waals surface area contributed by atoms with Crippen molar-refractivity contribution in [1.29, 1.82) is 0 Å². The Morgan fingerprint density at radius 2 is 2.04 bits per heavy atom. The fourth-order valence-corrected chi connectivity index (χ4v) is 3.56. The van der Waals surface area contributed by atoms with Crippen molar-refractivity contribution in [3.8, 4) is 5.69 Å². The van der Waals surface area contributed by atoms with Crippen LogP contribution in [-0.4, -0.2) is 31.9 Å². The lowest BCUT2D eigenvalue weighted by atomic mass is 10.2. The molecule has 0 unspecified atom stereocenters. The van der Waals surface area contributed by atoms with E-state index in [0.29, 0.717) is 10.2 Å². The van der Waals surface area contributed by atoms with Crippen molar-refractivity contribution in [2.24, 2.45) is 0 Å². The predicted molar refractivity (Wildman–Crippen MR) is 107 cm³/mol. The number of carbonyl (C=O) groups is 1. The number of nitrogens with zero attached hydrogens (tertiary/aromatic N) is 4. The van der Waals surface area contributed by atoms with Gasteiger partial charge in [-0.1, -0.05) is 23.4 Å². The first-order valence-corrected chi connectivity index (χ1v) is 9.70. The lowest BCUT2D eigenvalue weighted by Crippen LogP contribution is -2.15. The van der Waals surface area contributed by atoms with Crippen LogP contribution in [0.1, 0.15) is 5.56 Å². The van der Waals surface area contributed by atoms with Gasteiger partial charge in [0.1, 0.15) is 0 Å². The van der Waals surface area contributed by atoms with Crippen LogP contribution in [0, 0.1) is 10.5 Å². The molecule has 1 aromatic heterocycles. The van der Waals surface area contributed by atoms with E-state index in [-0.39, 0.29) is 11.7 Å². The first-order valence-electron chi connectivity index (χ1n) is 7.26. The zero-order chi connectivity index (χ0) is 17.8. The van der Waals surface area contributed by atoms with E-state index >= 15 is 0 Å². The molecule has 6 nitrogen and oxygen atoms in total.